The van der Waals surface area contributed by atoms with Gasteiger partial charge in [0.15, 0.2) is 0 Å². The van der Waals surface area contributed by atoms with Crippen molar-refractivity contribution in [2.45, 2.75) is 26.4 Å². The van der Waals surface area contributed by atoms with Gasteiger partial charge in [-0.05, 0) is 38.0 Å². The quantitative estimate of drug-likeness (QED) is 0.552. The molecule has 1 aliphatic heterocycles. The van der Waals surface area contributed by atoms with E-state index < -0.39 is 17.9 Å². The summed E-state index contributed by atoms with van der Waals surface area (Å²) in [4.78, 5) is 39.4. The van der Waals surface area contributed by atoms with Crippen LogP contribution in [0.2, 0.25) is 0 Å². The third kappa shape index (κ3) is 5.16. The maximum absolute atomic E-state index is 12.8. The number of carbonyl (C=O) groups excluding carboxylic acids is 3. The van der Waals surface area contributed by atoms with Crippen LogP contribution in [0.1, 0.15) is 35.9 Å². The Labute approximate surface area is 191 Å². The summed E-state index contributed by atoms with van der Waals surface area (Å²) in [5.41, 5.74) is 1.70. The number of fused-ring (bicyclic) bond motifs is 1. The monoisotopic (exact) mass is 450 g/mol. The average Bonchev–Trinajstić information content (AvgIpc) is 3.22. The fourth-order valence-corrected chi connectivity index (χ4v) is 3.94. The van der Waals surface area contributed by atoms with E-state index in [9.17, 15) is 14.4 Å². The number of piperidine rings is 1. The number of carbonyl (C=O) groups is 3. The molecule has 0 spiro atoms. The molecule has 0 aliphatic carbocycles. The first kappa shape index (κ1) is 22.4. The highest BCUT2D eigenvalue weighted by molar-refractivity contribution is 5.96. The standard InChI is InChI=1S/C25H26N2O6/c1-2-31-24(29)22-20(19-12-6-7-13-21(19)33-22)16-32-23(28)17-9-8-14-27(15-17)25(30)26-18-10-4-3-5-11-18/h3-7,10-13,17H,2,8-9,14-16H2,1H3,(H,26,30). The molecular formula is C25H26N2O6. The van der Waals surface area contributed by atoms with Crippen LogP contribution < -0.4 is 5.32 Å². The molecule has 1 N–H and O–H groups in total. The van der Waals surface area contributed by atoms with E-state index in [2.05, 4.69) is 5.32 Å². The van der Waals surface area contributed by atoms with Crippen molar-refractivity contribution in [3.63, 3.8) is 0 Å². The van der Waals surface area contributed by atoms with Crippen molar-refractivity contribution in [1.82, 2.24) is 4.90 Å². The minimum Gasteiger partial charge on any atom is -0.460 e. The van der Waals surface area contributed by atoms with Crippen LogP contribution >= 0.6 is 0 Å². The van der Waals surface area contributed by atoms with E-state index in [-0.39, 0.29) is 31.5 Å². The normalized spacial score (nSPS) is 15.8. The first-order chi connectivity index (χ1) is 16.1. The average molecular weight is 450 g/mol. The van der Waals surface area contributed by atoms with E-state index in [1.54, 1.807) is 30.0 Å². The number of rotatable bonds is 6. The molecule has 1 unspecified atom stereocenters. The molecule has 172 valence electrons. The Morgan fingerprint density at radius 3 is 2.61 bits per heavy atom. The molecule has 8 heteroatoms. The Kier molecular flexibility index (Phi) is 6.92. The van der Waals surface area contributed by atoms with Gasteiger partial charge in [0.25, 0.3) is 0 Å². The van der Waals surface area contributed by atoms with Crippen molar-refractivity contribution in [3.05, 3.63) is 65.9 Å². The second-order valence-electron chi connectivity index (χ2n) is 7.82. The Bertz CT molecular complexity index is 1140. The minimum atomic E-state index is -0.596. The summed E-state index contributed by atoms with van der Waals surface area (Å²) in [5.74, 6) is -1.41. The van der Waals surface area contributed by atoms with Gasteiger partial charge in [0.2, 0.25) is 5.76 Å². The SMILES string of the molecule is CCOC(=O)c1oc2ccccc2c1COC(=O)C1CCCN(C(=O)Nc2ccccc2)C1. The highest BCUT2D eigenvalue weighted by Gasteiger charge is 2.30. The Morgan fingerprint density at radius 2 is 1.82 bits per heavy atom. The Morgan fingerprint density at radius 1 is 1.06 bits per heavy atom. The number of para-hydroxylation sites is 2. The van der Waals surface area contributed by atoms with Crippen molar-refractivity contribution in [2.24, 2.45) is 5.92 Å². The van der Waals surface area contributed by atoms with Crippen molar-refractivity contribution in [3.8, 4) is 0 Å². The van der Waals surface area contributed by atoms with Crippen LogP contribution in [0.5, 0.6) is 0 Å². The number of nitrogens with one attached hydrogen (secondary N) is 1. The van der Waals surface area contributed by atoms with Gasteiger partial charge in [-0.15, -0.1) is 0 Å². The molecule has 1 atom stereocenters. The van der Waals surface area contributed by atoms with E-state index >= 15 is 0 Å². The first-order valence-corrected chi connectivity index (χ1v) is 11.0. The fraction of sp³-hybridized carbons (Fsp3) is 0.320. The van der Waals surface area contributed by atoms with Crippen molar-refractivity contribution >= 4 is 34.6 Å². The van der Waals surface area contributed by atoms with E-state index in [1.165, 1.54) is 0 Å². The van der Waals surface area contributed by atoms with Crippen LogP contribution in [0, 0.1) is 5.92 Å². The summed E-state index contributed by atoms with van der Waals surface area (Å²) in [6.45, 7) is 2.65. The van der Waals surface area contributed by atoms with Gasteiger partial charge < -0.3 is 24.1 Å². The van der Waals surface area contributed by atoms with Gasteiger partial charge in [-0.25, -0.2) is 9.59 Å². The number of urea groups is 1. The molecule has 4 rings (SSSR count). The zero-order chi connectivity index (χ0) is 23.2. The first-order valence-electron chi connectivity index (χ1n) is 11.0. The van der Waals surface area contributed by atoms with Gasteiger partial charge in [0, 0.05) is 24.2 Å². The van der Waals surface area contributed by atoms with Crippen LogP contribution in [-0.4, -0.2) is 42.6 Å². The summed E-state index contributed by atoms with van der Waals surface area (Å²) in [6, 6.07) is 16.1. The number of ether oxygens (including phenoxy) is 2. The van der Waals surface area contributed by atoms with Gasteiger partial charge in [0.1, 0.15) is 12.2 Å². The van der Waals surface area contributed by atoms with Gasteiger partial charge >= 0.3 is 18.0 Å². The second kappa shape index (κ2) is 10.2. The molecule has 0 radical (unpaired) electrons. The molecule has 2 heterocycles. The van der Waals surface area contributed by atoms with Crippen LogP contribution in [0.4, 0.5) is 10.5 Å². The lowest BCUT2D eigenvalue weighted by atomic mass is 9.98. The lowest BCUT2D eigenvalue weighted by Gasteiger charge is -2.31. The van der Waals surface area contributed by atoms with Gasteiger partial charge in [-0.3, -0.25) is 4.79 Å². The summed E-state index contributed by atoms with van der Waals surface area (Å²) in [7, 11) is 0. The molecule has 0 bridgehead atoms. The van der Waals surface area contributed by atoms with Crippen molar-refractivity contribution in [2.75, 3.05) is 25.0 Å². The third-order valence-corrected chi connectivity index (χ3v) is 5.58. The molecule has 1 aliphatic rings. The van der Waals surface area contributed by atoms with Crippen LogP contribution in [0.15, 0.2) is 59.0 Å². The molecule has 1 saturated heterocycles. The lowest BCUT2D eigenvalue weighted by molar-refractivity contribution is -0.151. The smallest absolute Gasteiger partial charge is 0.374 e. The summed E-state index contributed by atoms with van der Waals surface area (Å²) in [5, 5.41) is 3.54. The molecule has 33 heavy (non-hydrogen) atoms. The van der Waals surface area contributed by atoms with Crippen molar-refractivity contribution in [1.29, 1.82) is 0 Å². The highest BCUT2D eigenvalue weighted by Crippen LogP contribution is 2.28. The molecule has 1 aromatic heterocycles. The number of amides is 2. The molecule has 8 nitrogen and oxygen atoms in total. The Balaban J connectivity index is 1.41. The van der Waals surface area contributed by atoms with Crippen molar-refractivity contribution < 1.29 is 28.3 Å². The molecule has 2 aromatic carbocycles. The summed E-state index contributed by atoms with van der Waals surface area (Å²) >= 11 is 0. The predicted molar refractivity (Wildman–Crippen MR) is 122 cm³/mol. The highest BCUT2D eigenvalue weighted by atomic mass is 16.5. The number of esters is 2. The number of likely N-dealkylation sites (tertiary alicyclic amines) is 1. The molecule has 2 amide bonds. The largest absolute Gasteiger partial charge is 0.460 e. The van der Waals surface area contributed by atoms with E-state index in [0.717, 1.165) is 0 Å². The van der Waals surface area contributed by atoms with E-state index in [0.29, 0.717) is 41.6 Å². The number of furan rings is 1. The molecular weight excluding hydrogens is 424 g/mol. The minimum absolute atomic E-state index is 0.0401. The maximum Gasteiger partial charge on any atom is 0.374 e. The zero-order valence-corrected chi connectivity index (χ0v) is 18.4. The van der Waals surface area contributed by atoms with Gasteiger partial charge in [-0.2, -0.15) is 0 Å². The predicted octanol–water partition coefficient (Wildman–Crippen LogP) is 4.60. The molecule has 3 aromatic rings. The van der Waals surface area contributed by atoms with E-state index in [1.807, 2.05) is 36.4 Å². The number of hydrogen-bond acceptors (Lipinski definition) is 6. The van der Waals surface area contributed by atoms with Gasteiger partial charge in [-0.1, -0.05) is 36.4 Å². The third-order valence-electron chi connectivity index (χ3n) is 5.58. The number of anilines is 1. The molecule has 1 fully saturated rings. The number of hydrogen-bond donors (Lipinski definition) is 1. The fourth-order valence-electron chi connectivity index (χ4n) is 3.94. The van der Waals surface area contributed by atoms with E-state index in [4.69, 9.17) is 13.9 Å². The topological polar surface area (TPSA) is 98.1 Å². The molecule has 0 saturated carbocycles. The van der Waals surface area contributed by atoms with Crippen LogP contribution in [0.3, 0.4) is 0 Å². The van der Waals surface area contributed by atoms with Crippen LogP contribution in [-0.2, 0) is 20.9 Å². The summed E-state index contributed by atoms with van der Waals surface area (Å²) in [6.07, 6.45) is 1.33. The lowest BCUT2D eigenvalue weighted by Crippen LogP contribution is -2.44. The maximum atomic E-state index is 12.8. The number of benzene rings is 2. The van der Waals surface area contributed by atoms with Crippen LogP contribution in [0.25, 0.3) is 11.0 Å². The Hall–Kier alpha value is -3.81. The zero-order valence-electron chi connectivity index (χ0n) is 18.4. The second-order valence-corrected chi connectivity index (χ2v) is 7.82. The summed E-state index contributed by atoms with van der Waals surface area (Å²) < 4.78 is 16.3. The van der Waals surface area contributed by atoms with Gasteiger partial charge in [0.05, 0.1) is 18.1 Å². The number of nitrogens with zero attached hydrogens (tertiary/aromatic N) is 1.